The molecule has 8 nitrogen and oxygen atoms in total. The lowest BCUT2D eigenvalue weighted by Crippen LogP contribution is -2.40. The smallest absolute Gasteiger partial charge is 0.338 e. The van der Waals surface area contributed by atoms with Crippen LogP contribution in [0.25, 0.3) is 17.5 Å². The molecule has 3 heterocycles. The lowest BCUT2D eigenvalue weighted by atomic mass is 9.93. The molecular formula is C36H30ClN3O5S. The Kier molecular flexibility index (Phi) is 8.62. The van der Waals surface area contributed by atoms with Crippen LogP contribution < -0.4 is 14.9 Å². The number of methoxy groups -OCH3 is 1. The van der Waals surface area contributed by atoms with E-state index in [4.69, 9.17) is 26.1 Å². The van der Waals surface area contributed by atoms with Gasteiger partial charge in [0.15, 0.2) is 4.80 Å². The van der Waals surface area contributed by atoms with Gasteiger partial charge in [0.05, 0.1) is 41.1 Å². The van der Waals surface area contributed by atoms with E-state index >= 15 is 0 Å². The molecule has 1 atom stereocenters. The summed E-state index contributed by atoms with van der Waals surface area (Å²) >= 11 is 7.50. The zero-order valence-corrected chi connectivity index (χ0v) is 27.2. The summed E-state index contributed by atoms with van der Waals surface area (Å²) < 4.78 is 14.5. The average Bonchev–Trinajstić information content (AvgIpc) is 3.53. The van der Waals surface area contributed by atoms with E-state index in [2.05, 4.69) is 4.57 Å². The molecule has 2 aromatic heterocycles. The van der Waals surface area contributed by atoms with E-state index in [1.807, 2.05) is 80.6 Å². The molecular weight excluding hydrogens is 622 g/mol. The van der Waals surface area contributed by atoms with Crippen LogP contribution >= 0.6 is 22.9 Å². The van der Waals surface area contributed by atoms with Gasteiger partial charge in [-0.1, -0.05) is 65.4 Å². The second kappa shape index (κ2) is 12.8. The molecule has 10 heteroatoms. The van der Waals surface area contributed by atoms with Crippen molar-refractivity contribution in [3.8, 4) is 5.69 Å². The lowest BCUT2D eigenvalue weighted by molar-refractivity contribution is -0.138. The van der Waals surface area contributed by atoms with Crippen molar-refractivity contribution in [1.29, 1.82) is 0 Å². The Bertz CT molecular complexity index is 2180. The van der Waals surface area contributed by atoms with E-state index in [-0.39, 0.29) is 17.7 Å². The quantitative estimate of drug-likeness (QED) is 0.208. The fraction of sp³-hybridized carbons (Fsp3) is 0.167. The highest BCUT2D eigenvalue weighted by Gasteiger charge is 2.35. The van der Waals surface area contributed by atoms with Gasteiger partial charge in [-0.05, 0) is 80.4 Å². The number of hydrogen-bond acceptors (Lipinski definition) is 7. The number of benzene rings is 3. The maximum atomic E-state index is 14.3. The predicted molar refractivity (Wildman–Crippen MR) is 179 cm³/mol. The number of rotatable bonds is 7. The van der Waals surface area contributed by atoms with Gasteiger partial charge in [0, 0.05) is 27.7 Å². The highest BCUT2D eigenvalue weighted by atomic mass is 35.5. The van der Waals surface area contributed by atoms with E-state index < -0.39 is 18.0 Å². The molecule has 1 aliphatic rings. The van der Waals surface area contributed by atoms with Crippen LogP contribution in [0, 0.1) is 13.8 Å². The zero-order valence-electron chi connectivity index (χ0n) is 25.6. The van der Waals surface area contributed by atoms with Crippen molar-refractivity contribution in [1.82, 2.24) is 9.13 Å². The number of nitrogens with zero attached hydrogens (tertiary/aromatic N) is 3. The Hall–Kier alpha value is -4.99. The number of halogens is 1. The van der Waals surface area contributed by atoms with Gasteiger partial charge in [-0.3, -0.25) is 9.36 Å². The molecule has 1 aliphatic heterocycles. The summed E-state index contributed by atoms with van der Waals surface area (Å²) in [5.74, 6) is -0.942. The largest absolute Gasteiger partial charge is 0.465 e. The molecule has 0 N–H and O–H groups in total. The maximum Gasteiger partial charge on any atom is 0.338 e. The molecule has 0 aliphatic carbocycles. The summed E-state index contributed by atoms with van der Waals surface area (Å²) in [5, 5.41) is 0.538. The topological polar surface area (TPSA) is 91.9 Å². The summed E-state index contributed by atoms with van der Waals surface area (Å²) in [6.45, 7) is 5.88. The first-order chi connectivity index (χ1) is 22.2. The Balaban J connectivity index is 1.54. The van der Waals surface area contributed by atoms with Crippen molar-refractivity contribution in [2.24, 2.45) is 4.99 Å². The van der Waals surface area contributed by atoms with Crippen molar-refractivity contribution in [3.05, 3.63) is 149 Å². The van der Waals surface area contributed by atoms with Gasteiger partial charge in [-0.2, -0.15) is 0 Å². The highest BCUT2D eigenvalue weighted by Crippen LogP contribution is 2.35. The summed E-state index contributed by atoms with van der Waals surface area (Å²) in [7, 11) is 1.35. The Morgan fingerprint density at radius 1 is 0.978 bits per heavy atom. The molecule has 0 saturated carbocycles. The first-order valence-electron chi connectivity index (χ1n) is 14.6. The summed E-state index contributed by atoms with van der Waals surface area (Å²) in [6, 6.07) is 24.9. The maximum absolute atomic E-state index is 14.3. The van der Waals surface area contributed by atoms with E-state index in [1.54, 1.807) is 35.8 Å². The van der Waals surface area contributed by atoms with Gasteiger partial charge in [0.2, 0.25) is 0 Å². The minimum absolute atomic E-state index is 0.170. The number of carbonyl (C=O) groups excluding carboxylic acids is 2. The number of aryl methyl sites for hydroxylation is 1. The molecule has 0 saturated heterocycles. The minimum Gasteiger partial charge on any atom is -0.465 e. The lowest BCUT2D eigenvalue weighted by Gasteiger charge is -2.25. The van der Waals surface area contributed by atoms with Gasteiger partial charge in [-0.15, -0.1) is 0 Å². The second-order valence-corrected chi connectivity index (χ2v) is 12.1. The van der Waals surface area contributed by atoms with Crippen molar-refractivity contribution >= 4 is 46.6 Å². The average molecular weight is 652 g/mol. The first kappa shape index (κ1) is 31.0. The number of thiazole rings is 1. The fourth-order valence-corrected chi connectivity index (χ4v) is 6.86. The van der Waals surface area contributed by atoms with E-state index in [1.165, 1.54) is 18.4 Å². The molecule has 0 amide bonds. The summed E-state index contributed by atoms with van der Waals surface area (Å²) in [4.78, 5) is 45.2. The number of hydrogen-bond donors (Lipinski definition) is 0. The number of fused-ring (bicyclic) bond motifs is 1. The zero-order chi connectivity index (χ0) is 32.5. The number of esters is 2. The SMILES string of the molecule is CCOC(=O)C1=C(c2ccccc2)N=c2s/c(=C/c3cc(C)n(-c4ccc(C(=O)OC)cc4)c3C)c(=O)n2[C@H]1c1ccc(Cl)cc1. The summed E-state index contributed by atoms with van der Waals surface area (Å²) in [6.07, 6.45) is 1.86. The van der Waals surface area contributed by atoms with Gasteiger partial charge in [-0.25, -0.2) is 14.6 Å². The molecule has 3 aromatic carbocycles. The van der Waals surface area contributed by atoms with Crippen LogP contribution in [0.4, 0.5) is 0 Å². The molecule has 0 spiro atoms. The van der Waals surface area contributed by atoms with Crippen LogP contribution in [-0.2, 0) is 14.3 Å². The molecule has 0 radical (unpaired) electrons. The third-order valence-electron chi connectivity index (χ3n) is 7.86. The van der Waals surface area contributed by atoms with E-state index in [0.29, 0.717) is 31.2 Å². The van der Waals surface area contributed by atoms with Crippen LogP contribution in [0.5, 0.6) is 0 Å². The number of aromatic nitrogens is 2. The van der Waals surface area contributed by atoms with E-state index in [0.717, 1.165) is 28.2 Å². The minimum atomic E-state index is -0.786. The normalized spacial score (nSPS) is 14.5. The molecule has 0 unspecified atom stereocenters. The van der Waals surface area contributed by atoms with Crippen LogP contribution in [0.3, 0.4) is 0 Å². The highest BCUT2D eigenvalue weighted by molar-refractivity contribution is 7.07. The number of carbonyl (C=O) groups is 2. The summed E-state index contributed by atoms with van der Waals surface area (Å²) in [5.41, 5.74) is 5.98. The first-order valence-corrected chi connectivity index (χ1v) is 15.8. The van der Waals surface area contributed by atoms with E-state index in [9.17, 15) is 14.4 Å². The van der Waals surface area contributed by atoms with Crippen LogP contribution in [0.1, 0.15) is 51.4 Å². The molecule has 0 bridgehead atoms. The molecule has 5 aromatic rings. The van der Waals surface area contributed by atoms with Gasteiger partial charge >= 0.3 is 11.9 Å². The molecule has 0 fully saturated rings. The molecule has 232 valence electrons. The van der Waals surface area contributed by atoms with Crippen molar-refractivity contribution in [3.63, 3.8) is 0 Å². The fourth-order valence-electron chi connectivity index (χ4n) is 5.74. The van der Waals surface area contributed by atoms with Crippen LogP contribution in [-0.4, -0.2) is 34.8 Å². The second-order valence-electron chi connectivity index (χ2n) is 10.7. The van der Waals surface area contributed by atoms with Crippen molar-refractivity contribution in [2.45, 2.75) is 26.8 Å². The monoisotopic (exact) mass is 651 g/mol. The van der Waals surface area contributed by atoms with Crippen molar-refractivity contribution in [2.75, 3.05) is 13.7 Å². The van der Waals surface area contributed by atoms with Gasteiger partial charge in [0.25, 0.3) is 5.56 Å². The Labute approximate surface area is 274 Å². The van der Waals surface area contributed by atoms with Crippen LogP contribution in [0.15, 0.2) is 100 Å². The van der Waals surface area contributed by atoms with Gasteiger partial charge in [0.1, 0.15) is 0 Å². The van der Waals surface area contributed by atoms with Crippen LogP contribution in [0.2, 0.25) is 5.02 Å². The predicted octanol–water partition coefficient (Wildman–Crippen LogP) is 5.78. The van der Waals surface area contributed by atoms with Gasteiger partial charge < -0.3 is 14.0 Å². The Morgan fingerprint density at radius 3 is 2.33 bits per heavy atom. The molecule has 6 rings (SSSR count). The number of ether oxygens (including phenoxy) is 2. The molecule has 46 heavy (non-hydrogen) atoms. The standard InChI is InChI=1S/C36H30ClN3O5S/c1-5-45-35(43)30-31(23-9-7-6-8-10-23)38-36-40(32(30)24-11-15-27(37)16-12-24)33(41)29(46-36)20-26-19-21(2)39(22(26)3)28-17-13-25(14-18-28)34(42)44-4/h6-20,32H,5H2,1-4H3/b29-20+/t32-/m0/s1. The third-order valence-corrected chi connectivity index (χ3v) is 9.10. The Morgan fingerprint density at radius 2 is 1.67 bits per heavy atom. The van der Waals surface area contributed by atoms with Crippen molar-refractivity contribution < 1.29 is 19.1 Å². The third kappa shape index (κ3) is 5.63.